The summed E-state index contributed by atoms with van der Waals surface area (Å²) in [6.45, 7) is 5.52. The zero-order valence-corrected chi connectivity index (χ0v) is 18.2. The quantitative estimate of drug-likeness (QED) is 0.687. The van der Waals surface area contributed by atoms with E-state index < -0.39 is 11.7 Å². The summed E-state index contributed by atoms with van der Waals surface area (Å²) in [4.78, 5) is 42.6. The van der Waals surface area contributed by atoms with Crippen LogP contribution < -0.4 is 5.73 Å². The second-order valence-corrected chi connectivity index (χ2v) is 8.58. The van der Waals surface area contributed by atoms with Gasteiger partial charge in [0.15, 0.2) is 11.2 Å². The van der Waals surface area contributed by atoms with Crippen molar-refractivity contribution >= 4 is 29.2 Å². The molecular formula is C20H28N6O5. The fourth-order valence-corrected chi connectivity index (χ4v) is 3.65. The Bertz CT molecular complexity index is 968. The molecule has 1 aliphatic carbocycles. The number of aromatic hydroxyl groups is 1. The number of amides is 1. The van der Waals surface area contributed by atoms with Crippen molar-refractivity contribution in [1.82, 2.24) is 24.8 Å². The van der Waals surface area contributed by atoms with Crippen LogP contribution in [0.2, 0.25) is 0 Å². The third-order valence-corrected chi connectivity index (χ3v) is 5.09. The molecule has 0 atom stereocenters. The largest absolute Gasteiger partial charge is 0.492 e. The Kier molecular flexibility index (Phi) is 6.42. The van der Waals surface area contributed by atoms with Crippen molar-refractivity contribution in [3.05, 3.63) is 11.9 Å². The molecule has 11 heteroatoms. The lowest BCUT2D eigenvalue weighted by Gasteiger charge is -2.36. The third kappa shape index (κ3) is 5.47. The van der Waals surface area contributed by atoms with Gasteiger partial charge in [0.25, 0.3) is 0 Å². The average Bonchev–Trinajstić information content (AvgIpc) is 2.70. The van der Waals surface area contributed by atoms with Crippen molar-refractivity contribution in [2.24, 2.45) is 5.92 Å². The Hall–Kier alpha value is -3.24. The molecule has 0 bridgehead atoms. The molecule has 1 saturated carbocycles. The minimum atomic E-state index is -0.669. The number of nitrogens with two attached hydrogens (primary N) is 1. The van der Waals surface area contributed by atoms with Crippen molar-refractivity contribution in [3.8, 4) is 5.88 Å². The monoisotopic (exact) mass is 432 g/mol. The Morgan fingerprint density at radius 2 is 1.87 bits per heavy atom. The predicted molar refractivity (Wildman–Crippen MR) is 111 cm³/mol. The molecule has 3 rings (SSSR count). The Balaban J connectivity index is 1.84. The van der Waals surface area contributed by atoms with Gasteiger partial charge in [0.2, 0.25) is 11.8 Å². The maximum atomic E-state index is 13.0. The highest BCUT2D eigenvalue weighted by molar-refractivity contribution is 5.76. The SMILES string of the molecule is COC(=O)C1CCC(N(Cc2cnc3nc(N)nc(O)c3n2)C(=O)OC(C)(C)C)CC1. The van der Waals surface area contributed by atoms with Gasteiger partial charge in [-0.3, -0.25) is 9.69 Å². The van der Waals surface area contributed by atoms with E-state index in [0.29, 0.717) is 31.4 Å². The maximum absolute atomic E-state index is 13.0. The minimum absolute atomic E-state index is 0.102. The first-order valence-corrected chi connectivity index (χ1v) is 10.1. The number of carbonyl (C=O) groups is 2. The number of hydrogen-bond donors (Lipinski definition) is 2. The number of nitrogens with zero attached hydrogens (tertiary/aromatic N) is 5. The van der Waals surface area contributed by atoms with Gasteiger partial charge in [-0.1, -0.05) is 0 Å². The molecule has 1 amide bonds. The lowest BCUT2D eigenvalue weighted by atomic mass is 9.85. The summed E-state index contributed by atoms with van der Waals surface area (Å²) in [5, 5.41) is 10.0. The number of fused-ring (bicyclic) bond motifs is 1. The van der Waals surface area contributed by atoms with E-state index in [4.69, 9.17) is 15.2 Å². The number of aromatic nitrogens is 4. The Labute approximate surface area is 180 Å². The number of esters is 1. The van der Waals surface area contributed by atoms with Crippen LogP contribution in [0.4, 0.5) is 10.7 Å². The Morgan fingerprint density at radius 1 is 1.19 bits per heavy atom. The minimum Gasteiger partial charge on any atom is -0.492 e. The van der Waals surface area contributed by atoms with Gasteiger partial charge in [-0.05, 0) is 46.5 Å². The van der Waals surface area contributed by atoms with E-state index in [2.05, 4.69) is 19.9 Å². The van der Waals surface area contributed by atoms with E-state index in [1.807, 2.05) is 0 Å². The summed E-state index contributed by atoms with van der Waals surface area (Å²) in [5.74, 6) is -0.872. The fraction of sp³-hybridized carbons (Fsp3) is 0.600. The van der Waals surface area contributed by atoms with E-state index >= 15 is 0 Å². The van der Waals surface area contributed by atoms with Gasteiger partial charge >= 0.3 is 12.1 Å². The van der Waals surface area contributed by atoms with Crippen molar-refractivity contribution in [3.63, 3.8) is 0 Å². The first-order valence-electron chi connectivity index (χ1n) is 10.1. The molecule has 1 aliphatic rings. The molecule has 0 radical (unpaired) electrons. The smallest absolute Gasteiger partial charge is 0.410 e. The van der Waals surface area contributed by atoms with E-state index in [1.165, 1.54) is 13.3 Å². The van der Waals surface area contributed by atoms with Crippen molar-refractivity contribution in [2.75, 3.05) is 12.8 Å². The van der Waals surface area contributed by atoms with Gasteiger partial charge in [0, 0.05) is 6.04 Å². The number of carbonyl (C=O) groups excluding carboxylic acids is 2. The summed E-state index contributed by atoms with van der Waals surface area (Å²) in [6, 6.07) is -0.135. The first kappa shape index (κ1) is 22.4. The molecule has 31 heavy (non-hydrogen) atoms. The first-order chi connectivity index (χ1) is 14.6. The van der Waals surface area contributed by atoms with Crippen LogP contribution in [0.5, 0.6) is 5.88 Å². The predicted octanol–water partition coefficient (Wildman–Crippen LogP) is 2.18. The molecule has 0 unspecified atom stereocenters. The van der Waals surface area contributed by atoms with E-state index in [9.17, 15) is 14.7 Å². The molecular weight excluding hydrogens is 404 g/mol. The van der Waals surface area contributed by atoms with Crippen LogP contribution in [0.1, 0.15) is 52.1 Å². The van der Waals surface area contributed by atoms with Gasteiger partial charge < -0.3 is 20.3 Å². The van der Waals surface area contributed by atoms with Gasteiger partial charge in [0.05, 0.1) is 31.5 Å². The number of ether oxygens (including phenoxy) is 2. The van der Waals surface area contributed by atoms with Crippen LogP contribution >= 0.6 is 0 Å². The molecule has 1 fully saturated rings. The van der Waals surface area contributed by atoms with E-state index in [1.54, 1.807) is 25.7 Å². The molecule has 0 aromatic carbocycles. The second kappa shape index (κ2) is 8.86. The summed E-state index contributed by atoms with van der Waals surface area (Å²) >= 11 is 0. The van der Waals surface area contributed by atoms with Crippen molar-refractivity contribution in [1.29, 1.82) is 0 Å². The standard InChI is InChI=1S/C20H28N6O5/c1-20(2,3)31-19(29)26(13-7-5-11(6-8-13)17(28)30-4)10-12-9-22-15-14(23-12)16(27)25-18(21)24-15/h9,11,13H,5-8,10H2,1-4H3,(H3,21,22,24,25,27). The summed E-state index contributed by atoms with van der Waals surface area (Å²) in [7, 11) is 1.38. The van der Waals surface area contributed by atoms with Crippen LogP contribution in [0.15, 0.2) is 6.20 Å². The van der Waals surface area contributed by atoms with Crippen LogP contribution in [0, 0.1) is 5.92 Å². The Morgan fingerprint density at radius 3 is 2.48 bits per heavy atom. The highest BCUT2D eigenvalue weighted by atomic mass is 16.6. The molecule has 168 valence electrons. The lowest BCUT2D eigenvalue weighted by molar-refractivity contribution is -0.146. The molecule has 0 saturated heterocycles. The van der Waals surface area contributed by atoms with Crippen LogP contribution in [-0.4, -0.2) is 60.8 Å². The number of nitrogen functional groups attached to an aromatic ring is 1. The zero-order valence-electron chi connectivity index (χ0n) is 18.2. The van der Waals surface area contributed by atoms with Gasteiger partial charge in [0.1, 0.15) is 5.60 Å². The van der Waals surface area contributed by atoms with Crippen molar-refractivity contribution in [2.45, 2.75) is 64.6 Å². The molecule has 3 N–H and O–H groups in total. The van der Waals surface area contributed by atoms with Crippen LogP contribution in [0.3, 0.4) is 0 Å². The highest BCUT2D eigenvalue weighted by Crippen LogP contribution is 2.30. The normalized spacial score (nSPS) is 19.1. The van der Waals surface area contributed by atoms with Crippen LogP contribution in [-0.2, 0) is 20.8 Å². The van der Waals surface area contributed by atoms with Crippen LogP contribution in [0.25, 0.3) is 11.2 Å². The summed E-state index contributed by atoms with van der Waals surface area (Å²) in [5.41, 5.74) is 5.57. The number of methoxy groups -OCH3 is 1. The van der Waals surface area contributed by atoms with Gasteiger partial charge in [-0.15, -0.1) is 0 Å². The molecule has 2 aromatic heterocycles. The second-order valence-electron chi connectivity index (χ2n) is 8.58. The van der Waals surface area contributed by atoms with Gasteiger partial charge in [-0.2, -0.15) is 9.97 Å². The number of hydrogen-bond acceptors (Lipinski definition) is 10. The van der Waals surface area contributed by atoms with E-state index in [0.717, 1.165) is 0 Å². The molecule has 2 heterocycles. The molecule has 0 spiro atoms. The topological polar surface area (TPSA) is 154 Å². The molecule has 0 aliphatic heterocycles. The lowest BCUT2D eigenvalue weighted by Crippen LogP contribution is -2.45. The van der Waals surface area contributed by atoms with E-state index in [-0.39, 0.29) is 47.5 Å². The number of rotatable bonds is 4. The molecule has 2 aromatic rings. The number of anilines is 1. The summed E-state index contributed by atoms with van der Waals surface area (Å²) in [6.07, 6.45) is 3.50. The van der Waals surface area contributed by atoms with Crippen molar-refractivity contribution < 1.29 is 24.2 Å². The highest BCUT2D eigenvalue weighted by Gasteiger charge is 2.34. The molecule has 11 nitrogen and oxygen atoms in total. The summed E-state index contributed by atoms with van der Waals surface area (Å²) < 4.78 is 10.5. The third-order valence-electron chi connectivity index (χ3n) is 5.09. The zero-order chi connectivity index (χ0) is 22.8. The fourth-order valence-electron chi connectivity index (χ4n) is 3.65. The maximum Gasteiger partial charge on any atom is 0.410 e. The van der Waals surface area contributed by atoms with Gasteiger partial charge in [-0.25, -0.2) is 14.8 Å². The average molecular weight is 432 g/mol.